The lowest BCUT2D eigenvalue weighted by Crippen LogP contribution is -2.17. The van der Waals surface area contributed by atoms with E-state index in [0.29, 0.717) is 0 Å². The van der Waals surface area contributed by atoms with Gasteiger partial charge >= 0.3 is 0 Å². The Kier molecular flexibility index (Phi) is 3.34. The Balaban J connectivity index is 3.14. The van der Waals surface area contributed by atoms with Gasteiger partial charge in [0.05, 0.1) is 0 Å². The highest BCUT2D eigenvalue weighted by Gasteiger charge is 2.06. The van der Waals surface area contributed by atoms with Gasteiger partial charge in [-0.25, -0.2) is 0 Å². The van der Waals surface area contributed by atoms with Gasteiger partial charge in [0.2, 0.25) is 0 Å². The Bertz CT molecular complexity index is 47.0. The zero-order valence-corrected chi connectivity index (χ0v) is 4.89. The lowest BCUT2D eigenvalue weighted by molar-refractivity contribution is -0.0720. The minimum atomic E-state index is -1.27. The number of halogens is 1. The molecule has 0 heterocycles. The zero-order chi connectivity index (χ0) is 5.86. The molecular weight excluding hydrogens is 115 g/mol. The highest BCUT2D eigenvalue weighted by molar-refractivity contribution is 6.18. The van der Waals surface area contributed by atoms with Crippen LogP contribution < -0.4 is 0 Å². The third-order valence-electron chi connectivity index (χ3n) is 0.752. The number of rotatable bonds is 2. The van der Waals surface area contributed by atoms with Gasteiger partial charge in [-0.05, 0) is 0 Å². The maximum Gasteiger partial charge on any atom is 0.155 e. The van der Waals surface area contributed by atoms with Crippen molar-refractivity contribution < 1.29 is 10.2 Å². The number of aliphatic hydroxyl groups excluding tert-OH is 1. The maximum atomic E-state index is 8.29. The van der Waals surface area contributed by atoms with Crippen molar-refractivity contribution in [2.45, 2.75) is 13.2 Å². The van der Waals surface area contributed by atoms with E-state index in [4.69, 9.17) is 21.8 Å². The Morgan fingerprint density at radius 1 is 1.57 bits per heavy atom. The lowest BCUT2D eigenvalue weighted by Gasteiger charge is -2.07. The second-order valence-corrected chi connectivity index (χ2v) is 1.85. The van der Waals surface area contributed by atoms with Gasteiger partial charge in [-0.1, -0.05) is 6.92 Å². The molecule has 0 radical (unpaired) electrons. The summed E-state index contributed by atoms with van der Waals surface area (Å²) in [7, 11) is 0. The van der Waals surface area contributed by atoms with Crippen molar-refractivity contribution >= 4 is 11.6 Å². The molecule has 7 heavy (non-hydrogen) atoms. The Hall–Kier alpha value is 0.210. The van der Waals surface area contributed by atoms with Crippen LogP contribution in [-0.2, 0) is 0 Å². The van der Waals surface area contributed by atoms with Crippen molar-refractivity contribution in [3.05, 3.63) is 0 Å². The van der Waals surface area contributed by atoms with Crippen molar-refractivity contribution in [1.29, 1.82) is 0 Å². The Morgan fingerprint density at radius 2 is 2.00 bits per heavy atom. The molecule has 0 spiro atoms. The first-order chi connectivity index (χ1) is 3.18. The SMILES string of the molecule is CC(CCl)C(O)O. The standard InChI is InChI=1S/C4H9ClO2/c1-3(2-5)4(6)7/h3-4,6-7H,2H2,1H3. The molecule has 1 atom stereocenters. The van der Waals surface area contributed by atoms with Gasteiger partial charge < -0.3 is 10.2 Å². The molecule has 44 valence electrons. The zero-order valence-electron chi connectivity index (χ0n) is 4.13. The highest BCUT2D eigenvalue weighted by atomic mass is 35.5. The molecule has 0 aliphatic heterocycles. The fourth-order valence-corrected chi connectivity index (χ4v) is 0.239. The normalized spacial score (nSPS) is 15.0. The van der Waals surface area contributed by atoms with Crippen molar-refractivity contribution in [2.24, 2.45) is 5.92 Å². The van der Waals surface area contributed by atoms with Crippen molar-refractivity contribution in [2.75, 3.05) is 5.88 Å². The van der Waals surface area contributed by atoms with E-state index in [-0.39, 0.29) is 11.8 Å². The molecule has 1 unspecified atom stereocenters. The molecule has 0 aromatic carbocycles. The summed E-state index contributed by atoms with van der Waals surface area (Å²) in [4.78, 5) is 0. The molecule has 0 rings (SSSR count). The van der Waals surface area contributed by atoms with Crippen LogP contribution in [-0.4, -0.2) is 22.4 Å². The van der Waals surface area contributed by atoms with E-state index in [2.05, 4.69) is 0 Å². The van der Waals surface area contributed by atoms with Gasteiger partial charge in [-0.15, -0.1) is 11.6 Å². The van der Waals surface area contributed by atoms with Crippen LogP contribution >= 0.6 is 11.6 Å². The van der Waals surface area contributed by atoms with E-state index in [1.54, 1.807) is 6.92 Å². The van der Waals surface area contributed by atoms with E-state index in [1.165, 1.54) is 0 Å². The van der Waals surface area contributed by atoms with Gasteiger partial charge in [0.15, 0.2) is 6.29 Å². The monoisotopic (exact) mass is 124 g/mol. The molecule has 0 fully saturated rings. The minimum Gasteiger partial charge on any atom is -0.368 e. The average molecular weight is 125 g/mol. The smallest absolute Gasteiger partial charge is 0.155 e. The maximum absolute atomic E-state index is 8.29. The molecule has 0 saturated heterocycles. The summed E-state index contributed by atoms with van der Waals surface area (Å²) in [5.74, 6) is 0.0687. The predicted octanol–water partition coefficient (Wildman–Crippen LogP) is 0.172. The quantitative estimate of drug-likeness (QED) is 0.407. The van der Waals surface area contributed by atoms with Gasteiger partial charge in [0, 0.05) is 11.8 Å². The van der Waals surface area contributed by atoms with Gasteiger partial charge in [0.25, 0.3) is 0 Å². The van der Waals surface area contributed by atoms with Gasteiger partial charge in [0.1, 0.15) is 0 Å². The molecule has 0 saturated carbocycles. The third kappa shape index (κ3) is 2.85. The summed E-state index contributed by atoms with van der Waals surface area (Å²) in [6.45, 7) is 1.66. The van der Waals surface area contributed by atoms with E-state index >= 15 is 0 Å². The van der Waals surface area contributed by atoms with Crippen molar-refractivity contribution in [3.63, 3.8) is 0 Å². The molecule has 0 aliphatic carbocycles. The van der Waals surface area contributed by atoms with Crippen LogP contribution in [0.2, 0.25) is 0 Å². The van der Waals surface area contributed by atoms with E-state index in [1.807, 2.05) is 0 Å². The van der Waals surface area contributed by atoms with Gasteiger partial charge in [-0.2, -0.15) is 0 Å². The number of alkyl halides is 1. The first kappa shape index (κ1) is 7.21. The molecule has 0 aromatic rings. The van der Waals surface area contributed by atoms with E-state index in [0.717, 1.165) is 0 Å². The minimum absolute atomic E-state index is 0.221. The first-order valence-electron chi connectivity index (χ1n) is 2.10. The third-order valence-corrected chi connectivity index (χ3v) is 1.24. The van der Waals surface area contributed by atoms with Crippen LogP contribution in [0.25, 0.3) is 0 Å². The van der Waals surface area contributed by atoms with Crippen molar-refractivity contribution in [1.82, 2.24) is 0 Å². The van der Waals surface area contributed by atoms with Gasteiger partial charge in [-0.3, -0.25) is 0 Å². The number of aliphatic hydroxyl groups is 2. The van der Waals surface area contributed by atoms with Crippen LogP contribution in [0.15, 0.2) is 0 Å². The Morgan fingerprint density at radius 3 is 2.00 bits per heavy atom. The summed E-state index contributed by atoms with van der Waals surface area (Å²) in [6, 6.07) is 0. The molecule has 3 heteroatoms. The Labute approximate surface area is 47.7 Å². The summed E-state index contributed by atoms with van der Waals surface area (Å²) in [5, 5.41) is 16.6. The predicted molar refractivity (Wildman–Crippen MR) is 28.1 cm³/mol. The van der Waals surface area contributed by atoms with Crippen LogP contribution in [0.5, 0.6) is 0 Å². The molecular formula is C4H9ClO2. The number of hydrogen-bond donors (Lipinski definition) is 2. The van der Waals surface area contributed by atoms with Crippen LogP contribution in [0.4, 0.5) is 0 Å². The summed E-state index contributed by atoms with van der Waals surface area (Å²) < 4.78 is 0. The van der Waals surface area contributed by atoms with E-state index in [9.17, 15) is 0 Å². The van der Waals surface area contributed by atoms with Crippen LogP contribution in [0.1, 0.15) is 6.92 Å². The lowest BCUT2D eigenvalue weighted by atomic mass is 10.2. The molecule has 0 bridgehead atoms. The topological polar surface area (TPSA) is 40.5 Å². The molecule has 2 N–H and O–H groups in total. The first-order valence-corrected chi connectivity index (χ1v) is 2.64. The largest absolute Gasteiger partial charge is 0.368 e. The van der Waals surface area contributed by atoms with E-state index < -0.39 is 6.29 Å². The van der Waals surface area contributed by atoms with Crippen LogP contribution in [0.3, 0.4) is 0 Å². The fraction of sp³-hybridized carbons (Fsp3) is 1.00. The second kappa shape index (κ2) is 3.24. The summed E-state index contributed by atoms with van der Waals surface area (Å²) in [6.07, 6.45) is -1.27. The van der Waals surface area contributed by atoms with Crippen molar-refractivity contribution in [3.8, 4) is 0 Å². The molecule has 0 amide bonds. The highest BCUT2D eigenvalue weighted by Crippen LogP contribution is 2.00. The average Bonchev–Trinajstić information content (AvgIpc) is 1.65. The second-order valence-electron chi connectivity index (χ2n) is 1.55. The fourth-order valence-electron chi connectivity index (χ4n) is 0.0797. The molecule has 0 aliphatic rings. The van der Waals surface area contributed by atoms with Crippen LogP contribution in [0, 0.1) is 5.92 Å². The summed E-state index contributed by atoms with van der Waals surface area (Å²) in [5.41, 5.74) is 0. The molecule has 0 aromatic heterocycles. The summed E-state index contributed by atoms with van der Waals surface area (Å²) >= 11 is 5.23. The number of hydrogen-bond acceptors (Lipinski definition) is 2. The molecule has 2 nitrogen and oxygen atoms in total.